The molecule has 26 heavy (non-hydrogen) atoms. The maximum absolute atomic E-state index is 12.3. The second-order valence-electron chi connectivity index (χ2n) is 8.25. The highest BCUT2D eigenvalue weighted by molar-refractivity contribution is 5.68. The zero-order valence-electron chi connectivity index (χ0n) is 18.1. The first-order chi connectivity index (χ1) is 12.1. The lowest BCUT2D eigenvalue weighted by atomic mass is 10.0. The quantitative estimate of drug-likeness (QED) is 0.615. The Morgan fingerprint density at radius 2 is 1.62 bits per heavy atom. The Morgan fingerprint density at radius 1 is 1.08 bits per heavy atom. The number of carbonyl (C=O) groups excluding carboxylic acids is 1. The summed E-state index contributed by atoms with van der Waals surface area (Å²) in [6.45, 7) is 19.7. The van der Waals surface area contributed by atoms with Gasteiger partial charge in [-0.25, -0.2) is 4.79 Å². The van der Waals surface area contributed by atoms with E-state index in [0.29, 0.717) is 19.0 Å². The largest absolute Gasteiger partial charge is 0.444 e. The maximum atomic E-state index is 12.3. The molecule has 0 saturated carbocycles. The lowest BCUT2D eigenvalue weighted by Gasteiger charge is -2.38. The van der Waals surface area contributed by atoms with E-state index in [0.717, 1.165) is 19.5 Å². The monoisotopic (exact) mass is 362 g/mol. The van der Waals surface area contributed by atoms with Crippen molar-refractivity contribution in [3.8, 4) is 0 Å². The smallest absolute Gasteiger partial charge is 0.410 e. The molecule has 0 aromatic rings. The van der Waals surface area contributed by atoms with Crippen LogP contribution in [0.25, 0.3) is 0 Å². The van der Waals surface area contributed by atoms with E-state index in [1.54, 1.807) is 0 Å². The Hall–Kier alpha value is -1.71. The Morgan fingerprint density at radius 3 is 2.04 bits per heavy atom. The molecular formula is C22H38N2O2. The highest BCUT2D eigenvalue weighted by Crippen LogP contribution is 2.21. The molecule has 0 spiro atoms. The molecule has 0 unspecified atom stereocenters. The average Bonchev–Trinajstić information content (AvgIpc) is 2.56. The molecule has 1 amide bonds. The third-order valence-corrected chi connectivity index (χ3v) is 4.67. The standard InChI is InChI=1S/C22H38N2O2/c1-9-18(5)20(12-11-19(10-2)17(3)4)23-13-15-24(16-14-23)21(25)26-22(6,7)8/h10-12,17H,9,13-16H2,1-8H3/b12-11-,19-10+,20-18-. The van der Waals surface area contributed by atoms with Gasteiger partial charge >= 0.3 is 6.09 Å². The molecule has 0 aromatic heterocycles. The van der Waals surface area contributed by atoms with Crippen LogP contribution in [0.15, 0.2) is 35.1 Å². The Labute approximate surface area is 160 Å². The van der Waals surface area contributed by atoms with Crippen LogP contribution in [0.2, 0.25) is 0 Å². The van der Waals surface area contributed by atoms with Crippen molar-refractivity contribution >= 4 is 6.09 Å². The van der Waals surface area contributed by atoms with Crippen LogP contribution in [0.4, 0.5) is 4.79 Å². The van der Waals surface area contributed by atoms with Crippen molar-refractivity contribution in [1.82, 2.24) is 9.80 Å². The fourth-order valence-electron chi connectivity index (χ4n) is 2.95. The summed E-state index contributed by atoms with van der Waals surface area (Å²) >= 11 is 0. The van der Waals surface area contributed by atoms with E-state index >= 15 is 0 Å². The van der Waals surface area contributed by atoms with E-state index in [9.17, 15) is 4.79 Å². The van der Waals surface area contributed by atoms with Crippen LogP contribution in [0.3, 0.4) is 0 Å². The van der Waals surface area contributed by atoms with E-state index in [-0.39, 0.29) is 6.09 Å². The molecule has 1 saturated heterocycles. The first-order valence-corrected chi connectivity index (χ1v) is 9.86. The van der Waals surface area contributed by atoms with Crippen LogP contribution in [0.5, 0.6) is 0 Å². The molecule has 0 atom stereocenters. The molecule has 148 valence electrons. The molecular weight excluding hydrogens is 324 g/mol. The van der Waals surface area contributed by atoms with Crippen LogP contribution in [-0.2, 0) is 4.74 Å². The number of ether oxygens (including phenoxy) is 1. The third kappa shape index (κ3) is 6.89. The van der Waals surface area contributed by atoms with Gasteiger partial charge in [0.2, 0.25) is 0 Å². The van der Waals surface area contributed by atoms with Crippen LogP contribution < -0.4 is 0 Å². The van der Waals surface area contributed by atoms with E-state index < -0.39 is 5.60 Å². The number of amides is 1. The SMILES string of the molecule is C\C=C(/C=C\C(=C(/C)CC)N1CCN(C(=O)OC(C)(C)C)CC1)C(C)C. The summed E-state index contributed by atoms with van der Waals surface area (Å²) in [6.07, 6.45) is 7.48. The lowest BCUT2D eigenvalue weighted by molar-refractivity contribution is 0.0170. The summed E-state index contributed by atoms with van der Waals surface area (Å²) < 4.78 is 5.50. The number of piperazine rings is 1. The molecule has 1 aliphatic rings. The summed E-state index contributed by atoms with van der Waals surface area (Å²) in [5.74, 6) is 0.517. The first-order valence-electron chi connectivity index (χ1n) is 9.86. The molecule has 0 radical (unpaired) electrons. The number of allylic oxidation sites excluding steroid dienone is 5. The average molecular weight is 363 g/mol. The number of carbonyl (C=O) groups is 1. The molecule has 0 aromatic carbocycles. The lowest BCUT2D eigenvalue weighted by Crippen LogP contribution is -2.49. The molecule has 0 N–H and O–H groups in total. The second-order valence-corrected chi connectivity index (χ2v) is 8.25. The first kappa shape index (κ1) is 22.3. The van der Waals surface area contributed by atoms with Gasteiger partial charge in [0, 0.05) is 31.9 Å². The highest BCUT2D eigenvalue weighted by atomic mass is 16.6. The van der Waals surface area contributed by atoms with Crippen molar-refractivity contribution in [2.75, 3.05) is 26.2 Å². The molecule has 0 aliphatic carbocycles. The normalized spacial score (nSPS) is 17.8. The van der Waals surface area contributed by atoms with Crippen molar-refractivity contribution < 1.29 is 9.53 Å². The van der Waals surface area contributed by atoms with Gasteiger partial charge in [0.1, 0.15) is 5.60 Å². The van der Waals surface area contributed by atoms with Gasteiger partial charge in [-0.15, -0.1) is 0 Å². The Kier molecular flexibility index (Phi) is 8.45. The molecule has 0 bridgehead atoms. The van der Waals surface area contributed by atoms with Crippen molar-refractivity contribution in [3.05, 3.63) is 35.1 Å². The molecule has 1 aliphatic heterocycles. The minimum atomic E-state index is -0.444. The van der Waals surface area contributed by atoms with Gasteiger partial charge in [-0.1, -0.05) is 38.5 Å². The van der Waals surface area contributed by atoms with E-state index in [2.05, 4.69) is 57.7 Å². The van der Waals surface area contributed by atoms with Gasteiger partial charge in [-0.3, -0.25) is 0 Å². The summed E-state index contributed by atoms with van der Waals surface area (Å²) in [6, 6.07) is 0. The molecule has 4 nitrogen and oxygen atoms in total. The number of rotatable bonds is 5. The second kappa shape index (κ2) is 9.84. The van der Waals surface area contributed by atoms with Crippen LogP contribution in [-0.4, -0.2) is 47.7 Å². The predicted octanol–water partition coefficient (Wildman–Crippen LogP) is 5.38. The minimum Gasteiger partial charge on any atom is -0.444 e. The van der Waals surface area contributed by atoms with E-state index in [1.807, 2.05) is 25.7 Å². The van der Waals surface area contributed by atoms with E-state index in [4.69, 9.17) is 4.74 Å². The van der Waals surface area contributed by atoms with Gasteiger partial charge < -0.3 is 14.5 Å². The Bertz CT molecular complexity index is 557. The predicted molar refractivity (Wildman–Crippen MR) is 110 cm³/mol. The van der Waals surface area contributed by atoms with Gasteiger partial charge in [-0.2, -0.15) is 0 Å². The Balaban J connectivity index is 2.82. The summed E-state index contributed by atoms with van der Waals surface area (Å²) in [5.41, 5.74) is 3.57. The van der Waals surface area contributed by atoms with Crippen molar-refractivity contribution in [3.63, 3.8) is 0 Å². The number of hydrogen-bond donors (Lipinski definition) is 0. The molecule has 1 fully saturated rings. The zero-order chi connectivity index (χ0) is 19.9. The molecule has 1 heterocycles. The fourth-order valence-corrected chi connectivity index (χ4v) is 2.95. The van der Waals surface area contributed by atoms with Crippen molar-refractivity contribution in [1.29, 1.82) is 0 Å². The van der Waals surface area contributed by atoms with Gasteiger partial charge in [0.05, 0.1) is 0 Å². The maximum Gasteiger partial charge on any atom is 0.410 e. The van der Waals surface area contributed by atoms with Gasteiger partial charge in [-0.05, 0) is 58.6 Å². The van der Waals surface area contributed by atoms with E-state index in [1.165, 1.54) is 16.8 Å². The third-order valence-electron chi connectivity index (χ3n) is 4.67. The highest BCUT2D eigenvalue weighted by Gasteiger charge is 2.26. The zero-order valence-corrected chi connectivity index (χ0v) is 18.1. The van der Waals surface area contributed by atoms with Crippen LogP contribution in [0.1, 0.15) is 61.8 Å². The van der Waals surface area contributed by atoms with Crippen molar-refractivity contribution in [2.45, 2.75) is 67.4 Å². The van der Waals surface area contributed by atoms with Crippen LogP contribution in [0, 0.1) is 5.92 Å². The molecule has 1 rings (SSSR count). The van der Waals surface area contributed by atoms with Gasteiger partial charge in [0.25, 0.3) is 0 Å². The minimum absolute atomic E-state index is 0.207. The van der Waals surface area contributed by atoms with Gasteiger partial charge in [0.15, 0.2) is 0 Å². The fraction of sp³-hybridized carbons (Fsp3) is 0.682. The topological polar surface area (TPSA) is 32.8 Å². The van der Waals surface area contributed by atoms with Crippen molar-refractivity contribution in [2.24, 2.45) is 5.92 Å². The summed E-state index contributed by atoms with van der Waals surface area (Å²) in [7, 11) is 0. The number of hydrogen-bond acceptors (Lipinski definition) is 3. The van der Waals surface area contributed by atoms with Crippen LogP contribution >= 0.6 is 0 Å². The number of nitrogens with zero attached hydrogens (tertiary/aromatic N) is 2. The summed E-state index contributed by atoms with van der Waals surface area (Å²) in [4.78, 5) is 16.5. The molecule has 4 heteroatoms. The summed E-state index contributed by atoms with van der Waals surface area (Å²) in [5, 5.41) is 0.